The van der Waals surface area contributed by atoms with Crippen LogP contribution >= 0.6 is 0 Å². The van der Waals surface area contributed by atoms with Crippen molar-refractivity contribution in [3.63, 3.8) is 0 Å². The van der Waals surface area contributed by atoms with E-state index < -0.39 is 0 Å². The van der Waals surface area contributed by atoms with Crippen LogP contribution in [-0.2, 0) is 0 Å². The molecule has 0 spiro atoms. The van der Waals surface area contributed by atoms with Crippen LogP contribution in [0.25, 0.3) is 92.9 Å². The number of rotatable bonds is 5. The molecule has 0 unspecified atom stereocenters. The Labute approximate surface area is 328 Å². The summed E-state index contributed by atoms with van der Waals surface area (Å²) in [5, 5.41) is 11.9. The van der Waals surface area contributed by atoms with Gasteiger partial charge in [-0.1, -0.05) is 146 Å². The number of aromatic nitrogens is 1. The molecule has 12 rings (SSSR count). The third-order valence-electron chi connectivity index (χ3n) is 11.7. The Kier molecular flexibility index (Phi) is 6.93. The number of nitrogens with zero attached hydrogens (tertiary/aromatic N) is 2. The quantitative estimate of drug-likeness (QED) is 0.165. The molecule has 0 N–H and O–H groups in total. The van der Waals surface area contributed by atoms with E-state index in [0.29, 0.717) is 0 Å². The molecular weight excluding hydrogens is 693 g/mol. The number of para-hydroxylation sites is 3. The van der Waals surface area contributed by atoms with Gasteiger partial charge in [0.15, 0.2) is 0 Å². The molecule has 2 heterocycles. The minimum absolute atomic E-state index is 0.863. The van der Waals surface area contributed by atoms with Crippen molar-refractivity contribution in [2.24, 2.45) is 0 Å². The van der Waals surface area contributed by atoms with E-state index in [-0.39, 0.29) is 0 Å². The summed E-state index contributed by atoms with van der Waals surface area (Å²) in [5.74, 6) is 0. The summed E-state index contributed by atoms with van der Waals surface area (Å²) < 4.78 is 9.35. The number of furan rings is 1. The molecule has 0 saturated heterocycles. The molecule has 0 aliphatic rings. The lowest BCUT2D eigenvalue weighted by Gasteiger charge is -2.29. The zero-order valence-corrected chi connectivity index (χ0v) is 30.9. The molecule has 0 amide bonds. The summed E-state index contributed by atoms with van der Waals surface area (Å²) in [6, 6.07) is 74.5. The minimum Gasteiger partial charge on any atom is -0.455 e. The highest BCUT2D eigenvalue weighted by Crippen LogP contribution is 2.49. The number of hydrogen-bond acceptors (Lipinski definition) is 2. The second kappa shape index (κ2) is 12.5. The van der Waals surface area contributed by atoms with Crippen LogP contribution in [0.2, 0.25) is 0 Å². The van der Waals surface area contributed by atoms with E-state index >= 15 is 0 Å². The van der Waals surface area contributed by atoms with Crippen LogP contribution in [0.4, 0.5) is 17.1 Å². The standard InChI is InChI=1S/C54H34N2O/c1-2-15-36-32-40(29-28-35(36)14-1)56(51-34-38-16-3-4-19-41(38)43-20-5-6-21-44(43)51)50-31-30-42(54-53(50)47-24-9-12-27-52(47)57-54)37-17-13-18-39(33-37)55-48-25-10-7-22-45(48)46-23-8-11-26-49(46)55/h1-34H. The first kappa shape index (κ1) is 31.7. The average Bonchev–Trinajstić information content (AvgIpc) is 3.83. The lowest BCUT2D eigenvalue weighted by Crippen LogP contribution is -2.11. The van der Waals surface area contributed by atoms with Crippen molar-refractivity contribution in [2.45, 2.75) is 0 Å². The molecule has 3 nitrogen and oxygen atoms in total. The molecule has 0 aliphatic carbocycles. The van der Waals surface area contributed by atoms with Crippen LogP contribution in [0.5, 0.6) is 0 Å². The van der Waals surface area contributed by atoms with Gasteiger partial charge in [0.2, 0.25) is 0 Å². The lowest BCUT2D eigenvalue weighted by molar-refractivity contribution is 0.670. The van der Waals surface area contributed by atoms with Crippen LogP contribution in [0.3, 0.4) is 0 Å². The van der Waals surface area contributed by atoms with Gasteiger partial charge in [0.25, 0.3) is 0 Å². The van der Waals surface area contributed by atoms with Gasteiger partial charge in [-0.15, -0.1) is 0 Å². The van der Waals surface area contributed by atoms with Crippen molar-refractivity contribution in [3.05, 3.63) is 206 Å². The van der Waals surface area contributed by atoms with Crippen molar-refractivity contribution in [1.29, 1.82) is 0 Å². The van der Waals surface area contributed by atoms with E-state index in [0.717, 1.165) is 55.8 Å². The molecule has 266 valence electrons. The Bertz CT molecular complexity index is 3500. The van der Waals surface area contributed by atoms with Crippen LogP contribution in [0, 0.1) is 0 Å². The lowest BCUT2D eigenvalue weighted by atomic mass is 9.96. The first-order valence-corrected chi connectivity index (χ1v) is 19.5. The van der Waals surface area contributed by atoms with Crippen molar-refractivity contribution in [2.75, 3.05) is 4.90 Å². The van der Waals surface area contributed by atoms with Crippen LogP contribution in [0.15, 0.2) is 211 Å². The Morgan fingerprint density at radius 1 is 0.386 bits per heavy atom. The van der Waals surface area contributed by atoms with Gasteiger partial charge >= 0.3 is 0 Å². The molecule has 0 aliphatic heterocycles. The first-order valence-electron chi connectivity index (χ1n) is 19.5. The SMILES string of the molecule is c1cc(-c2ccc(N(c3ccc4ccccc4c3)c3cc4ccccc4c4ccccc34)c3c2oc2ccccc23)cc(-n2c3ccccc3c3ccccc32)c1. The van der Waals surface area contributed by atoms with Gasteiger partial charge < -0.3 is 13.9 Å². The second-order valence-electron chi connectivity index (χ2n) is 14.9. The van der Waals surface area contributed by atoms with Crippen molar-refractivity contribution in [3.8, 4) is 16.8 Å². The van der Waals surface area contributed by atoms with Crippen LogP contribution < -0.4 is 4.90 Å². The largest absolute Gasteiger partial charge is 0.455 e. The van der Waals surface area contributed by atoms with E-state index in [2.05, 4.69) is 216 Å². The third-order valence-corrected chi connectivity index (χ3v) is 11.7. The Morgan fingerprint density at radius 3 is 1.81 bits per heavy atom. The van der Waals surface area contributed by atoms with Crippen molar-refractivity contribution >= 4 is 93.1 Å². The summed E-state index contributed by atoms with van der Waals surface area (Å²) in [5.41, 5.74) is 10.6. The smallest absolute Gasteiger partial charge is 0.145 e. The molecule has 0 atom stereocenters. The molecule has 0 bridgehead atoms. The normalized spacial score (nSPS) is 11.9. The summed E-state index contributed by atoms with van der Waals surface area (Å²) in [6.45, 7) is 0. The van der Waals surface area contributed by atoms with Gasteiger partial charge in [-0.3, -0.25) is 0 Å². The number of benzene rings is 10. The van der Waals surface area contributed by atoms with Crippen LogP contribution in [0.1, 0.15) is 0 Å². The van der Waals surface area contributed by atoms with Gasteiger partial charge in [-0.05, 0) is 93.2 Å². The molecule has 0 fully saturated rings. The highest BCUT2D eigenvalue weighted by atomic mass is 16.3. The highest BCUT2D eigenvalue weighted by molar-refractivity contribution is 6.20. The number of anilines is 3. The fourth-order valence-electron chi connectivity index (χ4n) is 9.18. The fraction of sp³-hybridized carbons (Fsp3) is 0. The van der Waals surface area contributed by atoms with Crippen molar-refractivity contribution < 1.29 is 4.42 Å². The van der Waals surface area contributed by atoms with E-state index in [1.165, 1.54) is 54.1 Å². The Balaban J connectivity index is 1.14. The maximum absolute atomic E-state index is 6.97. The Morgan fingerprint density at radius 2 is 1.02 bits per heavy atom. The molecule has 0 radical (unpaired) electrons. The van der Waals surface area contributed by atoms with Gasteiger partial charge in [0.05, 0.1) is 27.8 Å². The van der Waals surface area contributed by atoms with Gasteiger partial charge in [-0.2, -0.15) is 0 Å². The molecule has 0 saturated carbocycles. The predicted octanol–water partition coefficient (Wildman–Crippen LogP) is 15.3. The summed E-state index contributed by atoms with van der Waals surface area (Å²) in [4.78, 5) is 2.45. The second-order valence-corrected chi connectivity index (χ2v) is 14.9. The predicted molar refractivity (Wildman–Crippen MR) is 241 cm³/mol. The minimum atomic E-state index is 0.863. The first-order chi connectivity index (χ1) is 28.3. The topological polar surface area (TPSA) is 21.3 Å². The Hall–Kier alpha value is -7.62. The maximum atomic E-state index is 6.97. The van der Waals surface area contributed by atoms with E-state index in [1.807, 2.05) is 0 Å². The fourth-order valence-corrected chi connectivity index (χ4v) is 9.18. The van der Waals surface area contributed by atoms with Gasteiger partial charge in [0.1, 0.15) is 11.2 Å². The molecule has 10 aromatic carbocycles. The number of hydrogen-bond donors (Lipinski definition) is 0. The third kappa shape index (κ3) is 4.86. The van der Waals surface area contributed by atoms with Gasteiger partial charge in [-0.25, -0.2) is 0 Å². The van der Waals surface area contributed by atoms with Crippen LogP contribution in [-0.4, -0.2) is 4.57 Å². The van der Waals surface area contributed by atoms with Crippen molar-refractivity contribution in [1.82, 2.24) is 4.57 Å². The number of fused-ring (bicyclic) bond motifs is 10. The molecule has 57 heavy (non-hydrogen) atoms. The highest BCUT2D eigenvalue weighted by Gasteiger charge is 2.24. The van der Waals surface area contributed by atoms with E-state index in [9.17, 15) is 0 Å². The summed E-state index contributed by atoms with van der Waals surface area (Å²) in [7, 11) is 0. The summed E-state index contributed by atoms with van der Waals surface area (Å²) >= 11 is 0. The zero-order chi connectivity index (χ0) is 37.5. The zero-order valence-electron chi connectivity index (χ0n) is 30.9. The maximum Gasteiger partial charge on any atom is 0.145 e. The monoisotopic (exact) mass is 726 g/mol. The molecule has 3 heteroatoms. The van der Waals surface area contributed by atoms with E-state index in [4.69, 9.17) is 4.42 Å². The average molecular weight is 727 g/mol. The van der Waals surface area contributed by atoms with E-state index in [1.54, 1.807) is 0 Å². The molecule has 12 aromatic rings. The molecule has 2 aromatic heterocycles. The molecular formula is C54H34N2O. The summed E-state index contributed by atoms with van der Waals surface area (Å²) in [6.07, 6.45) is 0. The van der Waals surface area contributed by atoms with Gasteiger partial charge in [0, 0.05) is 38.5 Å².